The summed E-state index contributed by atoms with van der Waals surface area (Å²) in [5, 5.41) is 0.0907. The molecule has 0 radical (unpaired) electrons. The fourth-order valence-corrected chi connectivity index (χ4v) is 2.49. The van der Waals surface area contributed by atoms with Gasteiger partial charge in [-0.1, -0.05) is 38.1 Å². The average Bonchev–Trinajstić information content (AvgIpc) is 2.28. The van der Waals surface area contributed by atoms with E-state index in [-0.39, 0.29) is 16.8 Å². The number of rotatable bonds is 5. The molecular formula is C13H18O2S. The molecular weight excluding hydrogens is 220 g/mol. The summed E-state index contributed by atoms with van der Waals surface area (Å²) in [6.07, 6.45) is 0.841. The first-order valence-corrected chi connectivity index (χ1v) is 6.90. The molecule has 2 unspecified atom stereocenters. The molecule has 0 saturated heterocycles. The third-order valence-electron chi connectivity index (χ3n) is 2.74. The fraction of sp³-hybridized carbons (Fsp3) is 0.462. The first-order valence-electron chi connectivity index (χ1n) is 5.52. The maximum atomic E-state index is 11.9. The van der Waals surface area contributed by atoms with Crippen LogP contribution in [0.15, 0.2) is 24.3 Å². The van der Waals surface area contributed by atoms with Crippen LogP contribution in [0, 0.1) is 6.92 Å². The Bertz CT molecular complexity index is 399. The Hall–Kier alpha value is -0.960. The van der Waals surface area contributed by atoms with Crippen molar-refractivity contribution >= 4 is 16.6 Å². The monoisotopic (exact) mass is 238 g/mol. The molecule has 1 aromatic carbocycles. The number of benzene rings is 1. The van der Waals surface area contributed by atoms with E-state index in [4.69, 9.17) is 0 Å². The second-order valence-electron chi connectivity index (χ2n) is 3.98. The minimum absolute atomic E-state index is 0.0169. The lowest BCUT2D eigenvalue weighted by Gasteiger charge is -2.09. The van der Waals surface area contributed by atoms with Crippen molar-refractivity contribution in [2.75, 3.05) is 5.75 Å². The van der Waals surface area contributed by atoms with Crippen LogP contribution in [0.5, 0.6) is 0 Å². The van der Waals surface area contributed by atoms with E-state index in [0.29, 0.717) is 5.56 Å². The lowest BCUT2D eigenvalue weighted by atomic mass is 10.1. The first-order chi connectivity index (χ1) is 7.56. The van der Waals surface area contributed by atoms with Gasteiger partial charge in [-0.05, 0) is 18.9 Å². The van der Waals surface area contributed by atoms with Crippen molar-refractivity contribution in [3.63, 3.8) is 0 Å². The van der Waals surface area contributed by atoms with Crippen LogP contribution < -0.4 is 0 Å². The number of hydrogen-bond donors (Lipinski definition) is 0. The van der Waals surface area contributed by atoms with Gasteiger partial charge in [0.2, 0.25) is 0 Å². The largest absolute Gasteiger partial charge is 0.293 e. The average molecular weight is 238 g/mol. The summed E-state index contributed by atoms with van der Waals surface area (Å²) in [7, 11) is -1.05. The van der Waals surface area contributed by atoms with Crippen molar-refractivity contribution in [1.29, 1.82) is 0 Å². The van der Waals surface area contributed by atoms with Crippen molar-refractivity contribution in [1.82, 2.24) is 0 Å². The predicted octanol–water partition coefficient (Wildman–Crippen LogP) is 2.72. The number of ketones is 1. The normalized spacial score (nSPS) is 14.4. The summed E-state index contributed by atoms with van der Waals surface area (Å²) >= 11 is 0. The second-order valence-corrected chi connectivity index (χ2v) is 5.84. The van der Waals surface area contributed by atoms with E-state index in [1.165, 1.54) is 0 Å². The van der Waals surface area contributed by atoms with Gasteiger partial charge in [-0.25, -0.2) is 0 Å². The molecule has 1 rings (SSSR count). The molecule has 0 aliphatic carbocycles. The summed E-state index contributed by atoms with van der Waals surface area (Å²) in [6.45, 7) is 5.81. The quantitative estimate of drug-likeness (QED) is 0.739. The Morgan fingerprint density at radius 2 is 2.00 bits per heavy atom. The zero-order valence-electron chi connectivity index (χ0n) is 10.0. The molecule has 0 aliphatic rings. The van der Waals surface area contributed by atoms with Crippen molar-refractivity contribution in [3.05, 3.63) is 35.4 Å². The molecule has 2 atom stereocenters. The lowest BCUT2D eigenvalue weighted by Crippen LogP contribution is -2.19. The van der Waals surface area contributed by atoms with Crippen LogP contribution in [0.1, 0.15) is 36.2 Å². The standard InChI is InChI=1S/C13H18O2S/c1-4-11(3)16(15)9-13(14)12-8-6-5-7-10(12)2/h5-8,11H,4,9H2,1-3H3. The molecule has 0 spiro atoms. The maximum absolute atomic E-state index is 11.9. The van der Waals surface area contributed by atoms with Crippen molar-refractivity contribution < 1.29 is 9.00 Å². The summed E-state index contributed by atoms with van der Waals surface area (Å²) < 4.78 is 11.8. The lowest BCUT2D eigenvalue weighted by molar-refractivity contribution is 0.102. The van der Waals surface area contributed by atoms with Gasteiger partial charge < -0.3 is 0 Å². The third kappa shape index (κ3) is 3.27. The number of carbonyl (C=O) groups is 1. The second kappa shape index (κ2) is 5.94. The van der Waals surface area contributed by atoms with Gasteiger partial charge in [0.05, 0.1) is 5.75 Å². The van der Waals surface area contributed by atoms with E-state index in [2.05, 4.69) is 0 Å². The van der Waals surface area contributed by atoms with Crippen LogP contribution in [0.2, 0.25) is 0 Å². The first kappa shape index (κ1) is 13.1. The van der Waals surface area contributed by atoms with E-state index in [1.54, 1.807) is 6.07 Å². The van der Waals surface area contributed by atoms with Crippen LogP contribution >= 0.6 is 0 Å². The third-order valence-corrected chi connectivity index (χ3v) is 4.52. The van der Waals surface area contributed by atoms with Crippen LogP contribution in [0.3, 0.4) is 0 Å². The topological polar surface area (TPSA) is 34.1 Å². The molecule has 2 nitrogen and oxygen atoms in total. The highest BCUT2D eigenvalue weighted by molar-refractivity contribution is 7.86. The maximum Gasteiger partial charge on any atom is 0.175 e. The van der Waals surface area contributed by atoms with Gasteiger partial charge in [0.25, 0.3) is 0 Å². The van der Waals surface area contributed by atoms with E-state index in [1.807, 2.05) is 39.0 Å². The minimum Gasteiger partial charge on any atom is -0.293 e. The SMILES string of the molecule is CCC(C)S(=O)CC(=O)c1ccccc1C. The van der Waals surface area contributed by atoms with Gasteiger partial charge in [0.15, 0.2) is 5.78 Å². The van der Waals surface area contributed by atoms with Crippen LogP contribution in [-0.2, 0) is 10.8 Å². The van der Waals surface area contributed by atoms with Crippen molar-refractivity contribution in [2.24, 2.45) is 0 Å². The summed E-state index contributed by atoms with van der Waals surface area (Å²) in [5.74, 6) is 0.122. The van der Waals surface area contributed by atoms with Gasteiger partial charge in [0, 0.05) is 21.6 Å². The Morgan fingerprint density at radius 3 is 2.56 bits per heavy atom. The molecule has 0 heterocycles. The Labute approximate surface area is 99.5 Å². The van der Waals surface area contributed by atoms with Crippen LogP contribution in [-0.4, -0.2) is 21.0 Å². The number of Topliss-reactive ketones (excluding diaryl/α,β-unsaturated/α-hetero) is 1. The molecule has 0 amide bonds. The van der Waals surface area contributed by atoms with Gasteiger partial charge in [-0.2, -0.15) is 0 Å². The van der Waals surface area contributed by atoms with E-state index < -0.39 is 10.8 Å². The summed E-state index contributed by atoms with van der Waals surface area (Å²) in [6, 6.07) is 7.44. The zero-order valence-corrected chi connectivity index (χ0v) is 10.8. The highest BCUT2D eigenvalue weighted by Crippen LogP contribution is 2.10. The minimum atomic E-state index is -1.05. The molecule has 0 fully saturated rings. The van der Waals surface area contributed by atoms with E-state index in [0.717, 1.165) is 12.0 Å². The summed E-state index contributed by atoms with van der Waals surface area (Å²) in [4.78, 5) is 11.9. The van der Waals surface area contributed by atoms with Crippen molar-refractivity contribution in [2.45, 2.75) is 32.4 Å². The van der Waals surface area contributed by atoms with Crippen molar-refractivity contribution in [3.8, 4) is 0 Å². The molecule has 0 bridgehead atoms. The Morgan fingerprint density at radius 1 is 1.38 bits per heavy atom. The molecule has 1 aromatic rings. The molecule has 0 N–H and O–H groups in total. The van der Waals surface area contributed by atoms with Gasteiger partial charge in [-0.15, -0.1) is 0 Å². The summed E-state index contributed by atoms with van der Waals surface area (Å²) in [5.41, 5.74) is 1.65. The molecule has 0 saturated carbocycles. The number of carbonyl (C=O) groups excluding carboxylic acids is 1. The zero-order chi connectivity index (χ0) is 12.1. The number of hydrogen-bond acceptors (Lipinski definition) is 2. The van der Waals surface area contributed by atoms with Crippen LogP contribution in [0.25, 0.3) is 0 Å². The highest BCUT2D eigenvalue weighted by Gasteiger charge is 2.15. The number of aryl methyl sites for hydroxylation is 1. The Kier molecular flexibility index (Phi) is 4.87. The molecule has 0 aliphatic heterocycles. The molecule has 16 heavy (non-hydrogen) atoms. The van der Waals surface area contributed by atoms with Gasteiger partial charge >= 0.3 is 0 Å². The van der Waals surface area contributed by atoms with E-state index >= 15 is 0 Å². The highest BCUT2D eigenvalue weighted by atomic mass is 32.2. The van der Waals surface area contributed by atoms with Gasteiger partial charge in [-0.3, -0.25) is 9.00 Å². The van der Waals surface area contributed by atoms with Crippen LogP contribution in [0.4, 0.5) is 0 Å². The predicted molar refractivity (Wildman–Crippen MR) is 68.3 cm³/mol. The molecule has 0 aromatic heterocycles. The van der Waals surface area contributed by atoms with Gasteiger partial charge in [0.1, 0.15) is 0 Å². The Balaban J connectivity index is 2.74. The fourth-order valence-electron chi connectivity index (χ4n) is 1.42. The molecule has 3 heteroatoms. The smallest absolute Gasteiger partial charge is 0.175 e. The molecule has 88 valence electrons. The van der Waals surface area contributed by atoms with E-state index in [9.17, 15) is 9.00 Å².